The third kappa shape index (κ3) is 10.8. The monoisotopic (exact) mass is 838 g/mol. The largest absolute Gasteiger partial charge is 0.356 e. The Kier molecular flexibility index (Phi) is 14.8. The summed E-state index contributed by atoms with van der Waals surface area (Å²) in [6.07, 6.45) is 12.7. The Bertz CT molecular complexity index is 2380. The van der Waals surface area contributed by atoms with Crippen molar-refractivity contribution in [3.05, 3.63) is 217 Å². The first-order chi connectivity index (χ1) is 31.1. The Hall–Kier alpha value is -6.42. The molecule has 8 aromatic rings. The molecule has 0 heterocycles. The molecule has 0 fully saturated rings. The smallest absolute Gasteiger partial charge is 0.179 e. The quantitative estimate of drug-likeness (QED) is 0.0454. The number of aryl methyl sites for hydroxylation is 2. The molecule has 0 radical (unpaired) electrons. The normalized spacial score (nSPS) is 11.3. The van der Waals surface area contributed by atoms with Gasteiger partial charge in [0.2, 0.25) is 0 Å². The van der Waals surface area contributed by atoms with E-state index in [1.54, 1.807) is 0 Å². The lowest BCUT2D eigenvalue weighted by Crippen LogP contribution is -2.74. The molecular weight excluding hydrogens is 777 g/mol. The van der Waals surface area contributed by atoms with Gasteiger partial charge in [0.25, 0.3) is 0 Å². The minimum atomic E-state index is -2.71. The predicted octanol–water partition coefficient (Wildman–Crippen LogP) is 14.1. The minimum Gasteiger partial charge on any atom is -0.356 e. The lowest BCUT2D eigenvalue weighted by molar-refractivity contribution is 0.667. The van der Waals surface area contributed by atoms with Crippen LogP contribution in [0.2, 0.25) is 0 Å². The molecule has 2 nitrogen and oxygen atoms in total. The Labute approximate surface area is 378 Å². The number of hydrogen-bond acceptors (Lipinski definition) is 2. The van der Waals surface area contributed by atoms with E-state index >= 15 is 0 Å². The lowest BCUT2D eigenvalue weighted by Gasteiger charge is -2.34. The molecule has 3 heteroatoms. The maximum atomic E-state index is 3.69. The van der Waals surface area contributed by atoms with Gasteiger partial charge in [0, 0.05) is 22.7 Å². The summed E-state index contributed by atoms with van der Waals surface area (Å²) in [7, 11) is -2.71. The summed E-state index contributed by atoms with van der Waals surface area (Å²) in [5, 5.41) is 12.8. The summed E-state index contributed by atoms with van der Waals surface area (Å²) in [6, 6.07) is 76.6. The molecule has 8 aromatic carbocycles. The van der Waals surface area contributed by atoms with Crippen LogP contribution in [-0.2, 0) is 12.8 Å². The van der Waals surface area contributed by atoms with Crippen molar-refractivity contribution in [1.82, 2.24) is 0 Å². The van der Waals surface area contributed by atoms with Gasteiger partial charge in [-0.15, -0.1) is 0 Å². The van der Waals surface area contributed by atoms with Crippen molar-refractivity contribution in [3.8, 4) is 22.3 Å². The molecule has 0 unspecified atom stereocenters. The van der Waals surface area contributed by atoms with Gasteiger partial charge >= 0.3 is 0 Å². The van der Waals surface area contributed by atoms with Crippen LogP contribution >= 0.6 is 0 Å². The van der Waals surface area contributed by atoms with Crippen molar-refractivity contribution in [3.63, 3.8) is 0 Å². The summed E-state index contributed by atoms with van der Waals surface area (Å²) in [6.45, 7) is 4.54. The van der Waals surface area contributed by atoms with E-state index in [1.807, 2.05) is 0 Å². The topological polar surface area (TPSA) is 24.1 Å². The zero-order valence-electron chi connectivity index (χ0n) is 37.2. The maximum absolute atomic E-state index is 3.69. The van der Waals surface area contributed by atoms with Gasteiger partial charge in [-0.25, -0.2) is 0 Å². The molecule has 0 atom stereocenters. The molecule has 0 saturated carbocycles. The van der Waals surface area contributed by atoms with Gasteiger partial charge in [-0.05, 0) is 128 Å². The predicted molar refractivity (Wildman–Crippen MR) is 276 cm³/mol. The summed E-state index contributed by atoms with van der Waals surface area (Å²) in [4.78, 5) is 0. The Morgan fingerprint density at radius 3 is 0.889 bits per heavy atom. The number of rotatable bonds is 20. The van der Waals surface area contributed by atoms with Crippen LogP contribution in [0.4, 0.5) is 22.7 Å². The number of unbranched alkanes of at least 4 members (excludes halogenated alkanes) is 6. The Morgan fingerprint density at radius 1 is 0.286 bits per heavy atom. The highest BCUT2D eigenvalue weighted by Gasteiger charge is 2.41. The van der Waals surface area contributed by atoms with Crippen molar-refractivity contribution in [1.29, 1.82) is 0 Å². The average molecular weight is 839 g/mol. The second-order valence-corrected chi connectivity index (χ2v) is 20.9. The molecule has 0 aliphatic rings. The van der Waals surface area contributed by atoms with E-state index in [4.69, 9.17) is 0 Å². The molecule has 0 aliphatic carbocycles. The molecule has 0 bridgehead atoms. The molecule has 0 aromatic heterocycles. The van der Waals surface area contributed by atoms with Crippen molar-refractivity contribution < 1.29 is 0 Å². The zero-order valence-corrected chi connectivity index (χ0v) is 38.2. The summed E-state index contributed by atoms with van der Waals surface area (Å²) in [5.74, 6) is 0. The van der Waals surface area contributed by atoms with Crippen molar-refractivity contribution in [2.45, 2.75) is 78.1 Å². The van der Waals surface area contributed by atoms with E-state index in [1.165, 1.54) is 105 Å². The molecule has 2 N–H and O–H groups in total. The fourth-order valence-electron chi connectivity index (χ4n) is 9.05. The van der Waals surface area contributed by atoms with Crippen LogP contribution in [0.25, 0.3) is 22.3 Å². The lowest BCUT2D eigenvalue weighted by atomic mass is 10.0. The zero-order chi connectivity index (χ0) is 43.1. The second-order valence-electron chi connectivity index (χ2n) is 17.1. The van der Waals surface area contributed by atoms with Crippen LogP contribution in [0, 0.1) is 0 Å². The fourth-order valence-corrected chi connectivity index (χ4v) is 13.8. The van der Waals surface area contributed by atoms with Gasteiger partial charge in [-0.3, -0.25) is 0 Å². The number of anilines is 4. The SMILES string of the molecule is CCCCCCc1ccc(-c2ccc(Nc3ccc([Si](c4ccccc4)(c4ccccc4)c4ccc(Nc5ccc(-c6ccc(CCCCCC)cc6)cc5)cc4)cc3)cc2)cc1. The van der Waals surface area contributed by atoms with Crippen LogP contribution in [0.15, 0.2) is 206 Å². The highest BCUT2D eigenvalue weighted by Crippen LogP contribution is 2.27. The van der Waals surface area contributed by atoms with Crippen molar-refractivity contribution in [2.24, 2.45) is 0 Å². The number of benzene rings is 8. The van der Waals surface area contributed by atoms with E-state index < -0.39 is 8.07 Å². The van der Waals surface area contributed by atoms with Gasteiger partial charge < -0.3 is 10.6 Å². The van der Waals surface area contributed by atoms with Crippen LogP contribution in [0.1, 0.15) is 76.3 Å². The van der Waals surface area contributed by atoms with E-state index in [9.17, 15) is 0 Å². The molecular formula is C60H62N2Si. The average Bonchev–Trinajstić information content (AvgIpc) is 3.35. The molecule has 8 rings (SSSR count). The van der Waals surface area contributed by atoms with E-state index in [2.05, 4.69) is 231 Å². The third-order valence-corrected chi connectivity index (χ3v) is 17.4. The van der Waals surface area contributed by atoms with Crippen LogP contribution in [-0.4, -0.2) is 8.07 Å². The summed E-state index contributed by atoms with van der Waals surface area (Å²) >= 11 is 0. The Balaban J connectivity index is 0.999. The Morgan fingerprint density at radius 2 is 0.571 bits per heavy atom. The van der Waals surface area contributed by atoms with Gasteiger partial charge in [0.15, 0.2) is 8.07 Å². The van der Waals surface area contributed by atoms with Crippen LogP contribution < -0.4 is 31.4 Å². The molecule has 0 spiro atoms. The first-order valence-electron chi connectivity index (χ1n) is 23.4. The standard InChI is InChI=1S/C60H62N2Si/c1-3-5-7-11-17-47-23-27-49(28-24-47)51-31-35-53(36-32-51)61-55-39-43-59(44-40-55)63(57-19-13-9-14-20-57,58-21-15-10-16-22-58)60-45-41-56(42-46-60)62-54-37-33-52(34-38-54)50-29-25-48(26-30-50)18-12-8-6-4-2/h9-10,13-16,19-46,61-62H,3-8,11-12,17-18H2,1-2H3. The third-order valence-electron chi connectivity index (χ3n) is 12.6. The van der Waals surface area contributed by atoms with E-state index in [-0.39, 0.29) is 0 Å². The van der Waals surface area contributed by atoms with Crippen LogP contribution in [0.3, 0.4) is 0 Å². The summed E-state index contributed by atoms with van der Waals surface area (Å²) < 4.78 is 0. The number of nitrogens with one attached hydrogen (secondary N) is 2. The van der Waals surface area contributed by atoms with E-state index in [0.717, 1.165) is 35.6 Å². The highest BCUT2D eigenvalue weighted by molar-refractivity contribution is 7.19. The van der Waals surface area contributed by atoms with Crippen molar-refractivity contribution >= 4 is 51.6 Å². The second kappa shape index (κ2) is 21.6. The highest BCUT2D eigenvalue weighted by atomic mass is 28.3. The van der Waals surface area contributed by atoms with Gasteiger partial charge in [0.05, 0.1) is 0 Å². The first-order valence-corrected chi connectivity index (χ1v) is 25.4. The van der Waals surface area contributed by atoms with Crippen LogP contribution in [0.5, 0.6) is 0 Å². The molecule has 0 saturated heterocycles. The van der Waals surface area contributed by atoms with Gasteiger partial charge in [-0.1, -0.05) is 210 Å². The molecule has 63 heavy (non-hydrogen) atoms. The number of hydrogen-bond donors (Lipinski definition) is 2. The molecule has 0 aliphatic heterocycles. The van der Waals surface area contributed by atoms with Gasteiger partial charge in [0.1, 0.15) is 0 Å². The first kappa shape index (κ1) is 43.2. The minimum absolute atomic E-state index is 1.07. The van der Waals surface area contributed by atoms with Gasteiger partial charge in [-0.2, -0.15) is 0 Å². The van der Waals surface area contributed by atoms with E-state index in [0.29, 0.717) is 0 Å². The van der Waals surface area contributed by atoms with Crippen molar-refractivity contribution in [2.75, 3.05) is 10.6 Å². The molecule has 316 valence electrons. The maximum Gasteiger partial charge on any atom is 0.179 e. The fraction of sp³-hybridized carbons (Fsp3) is 0.200. The summed E-state index contributed by atoms with van der Waals surface area (Å²) in [5.41, 5.74) is 12.1. The molecule has 0 amide bonds.